The summed E-state index contributed by atoms with van der Waals surface area (Å²) in [4.78, 5) is 0. The molecule has 0 saturated heterocycles. The van der Waals surface area contributed by atoms with E-state index in [-0.39, 0.29) is 6.71 Å². The van der Waals surface area contributed by atoms with Crippen molar-refractivity contribution in [3.63, 3.8) is 0 Å². The largest absolute Gasteiger partial charge is 0.458 e. The van der Waals surface area contributed by atoms with Crippen LogP contribution < -0.4 is 21.1 Å². The second-order valence-electron chi connectivity index (χ2n) is 13.6. The lowest BCUT2D eigenvalue weighted by molar-refractivity contribution is 0.487. The highest BCUT2D eigenvalue weighted by molar-refractivity contribution is 6.97. The van der Waals surface area contributed by atoms with Crippen LogP contribution in [0.5, 0.6) is 11.5 Å². The molecule has 8 aromatic carbocycles. The van der Waals surface area contributed by atoms with Crippen molar-refractivity contribution in [3.8, 4) is 39.4 Å². The van der Waals surface area contributed by atoms with Crippen LogP contribution >= 0.6 is 0 Å². The molecule has 0 fully saturated rings. The first kappa shape index (κ1) is 29.0. The smallest absolute Gasteiger partial charge is 0.250 e. The second kappa shape index (κ2) is 11.4. The van der Waals surface area contributed by atoms with E-state index in [1.54, 1.807) is 0 Å². The number of nitrogens with zero attached hydrogens (tertiary/aromatic N) is 1. The summed E-state index contributed by atoms with van der Waals surface area (Å²) in [5, 5.41) is 4.66. The molecule has 242 valence electrons. The molecule has 1 aliphatic heterocycles. The molecule has 10 aromatic rings. The molecule has 1 aliphatic rings. The fraction of sp³-hybridized carbons (Fsp3) is 0. The first-order valence-corrected chi connectivity index (χ1v) is 17.8. The van der Waals surface area contributed by atoms with E-state index in [0.29, 0.717) is 0 Å². The minimum atomic E-state index is 0.000319. The molecule has 3 heterocycles. The van der Waals surface area contributed by atoms with Crippen LogP contribution in [0.3, 0.4) is 0 Å². The van der Waals surface area contributed by atoms with Gasteiger partial charge in [-0.15, -0.1) is 0 Å². The fourth-order valence-corrected chi connectivity index (χ4v) is 8.43. The zero-order valence-corrected chi connectivity index (χ0v) is 28.2. The normalized spacial score (nSPS) is 12.3. The summed E-state index contributed by atoms with van der Waals surface area (Å²) in [7, 11) is 0. The van der Waals surface area contributed by atoms with Crippen LogP contribution in [0.15, 0.2) is 186 Å². The summed E-state index contributed by atoms with van der Waals surface area (Å²) in [6.07, 6.45) is 0. The van der Waals surface area contributed by atoms with Gasteiger partial charge in [0, 0.05) is 27.1 Å². The van der Waals surface area contributed by atoms with Gasteiger partial charge in [0.1, 0.15) is 17.1 Å². The van der Waals surface area contributed by atoms with Crippen molar-refractivity contribution >= 4 is 66.8 Å². The Morgan fingerprint density at radius 3 is 1.67 bits per heavy atom. The number of rotatable bonds is 4. The topological polar surface area (TPSA) is 27.3 Å². The Labute approximate surface area is 301 Å². The number of para-hydroxylation sites is 6. The molecule has 0 atom stereocenters. The third kappa shape index (κ3) is 4.34. The predicted octanol–water partition coefficient (Wildman–Crippen LogP) is 10.6. The van der Waals surface area contributed by atoms with Crippen LogP contribution in [-0.4, -0.2) is 11.3 Å². The Kier molecular flexibility index (Phi) is 6.35. The summed E-state index contributed by atoms with van der Waals surface area (Å²) in [5.74, 6) is 1.80. The van der Waals surface area contributed by atoms with Gasteiger partial charge in [0.15, 0.2) is 5.58 Å². The molecule has 52 heavy (non-hydrogen) atoms. The Morgan fingerprint density at radius 2 is 0.962 bits per heavy atom. The van der Waals surface area contributed by atoms with E-state index < -0.39 is 0 Å². The molecule has 0 amide bonds. The summed E-state index contributed by atoms with van der Waals surface area (Å²) < 4.78 is 15.9. The number of aromatic nitrogens is 1. The zero-order valence-electron chi connectivity index (χ0n) is 28.2. The average Bonchev–Trinajstić information content (AvgIpc) is 3.76. The van der Waals surface area contributed by atoms with Crippen molar-refractivity contribution in [1.82, 2.24) is 4.57 Å². The molecule has 0 bridgehead atoms. The molecule has 3 nitrogen and oxygen atoms in total. The maximum Gasteiger partial charge on any atom is 0.250 e. The molecule has 0 unspecified atom stereocenters. The summed E-state index contributed by atoms with van der Waals surface area (Å²) in [6, 6.07) is 64.8. The molecule has 0 spiro atoms. The molecule has 4 heteroatoms. The minimum absolute atomic E-state index is 0.000319. The number of hydrogen-bond acceptors (Lipinski definition) is 2. The first-order chi connectivity index (χ1) is 25.8. The van der Waals surface area contributed by atoms with Crippen LogP contribution in [0.1, 0.15) is 0 Å². The molecule has 0 radical (unpaired) electrons. The van der Waals surface area contributed by atoms with Gasteiger partial charge in [-0.2, -0.15) is 0 Å². The lowest BCUT2D eigenvalue weighted by atomic mass is 9.35. The van der Waals surface area contributed by atoms with E-state index >= 15 is 0 Å². The van der Waals surface area contributed by atoms with E-state index in [1.165, 1.54) is 21.8 Å². The van der Waals surface area contributed by atoms with Crippen molar-refractivity contribution in [2.75, 3.05) is 0 Å². The number of benzene rings is 8. The molecule has 0 aliphatic carbocycles. The van der Waals surface area contributed by atoms with Gasteiger partial charge in [0.25, 0.3) is 6.71 Å². The van der Waals surface area contributed by atoms with Crippen LogP contribution in [0.2, 0.25) is 0 Å². The average molecular weight is 664 g/mol. The first-order valence-electron chi connectivity index (χ1n) is 17.8. The van der Waals surface area contributed by atoms with Crippen LogP contribution in [-0.2, 0) is 0 Å². The Morgan fingerprint density at radius 1 is 0.404 bits per heavy atom. The van der Waals surface area contributed by atoms with Gasteiger partial charge in [-0.25, -0.2) is 0 Å². The molecular weight excluding hydrogens is 633 g/mol. The Balaban J connectivity index is 1.17. The summed E-state index contributed by atoms with van der Waals surface area (Å²) in [6.45, 7) is 0.000319. The van der Waals surface area contributed by atoms with Crippen LogP contribution in [0.25, 0.3) is 71.7 Å². The van der Waals surface area contributed by atoms with Crippen molar-refractivity contribution in [3.05, 3.63) is 182 Å². The summed E-state index contributed by atoms with van der Waals surface area (Å²) >= 11 is 0. The number of furan rings is 1. The highest BCUT2D eigenvalue weighted by atomic mass is 16.5. The number of fused-ring (bicyclic) bond motifs is 8. The lowest BCUT2D eigenvalue weighted by Crippen LogP contribution is -2.54. The Hall–Kier alpha value is -6.78. The van der Waals surface area contributed by atoms with Gasteiger partial charge in [0.05, 0.1) is 16.7 Å². The number of ether oxygens (including phenoxy) is 1. The third-order valence-electron chi connectivity index (χ3n) is 10.7. The van der Waals surface area contributed by atoms with Gasteiger partial charge >= 0.3 is 0 Å². The van der Waals surface area contributed by atoms with Crippen molar-refractivity contribution < 1.29 is 9.15 Å². The highest BCUT2D eigenvalue weighted by Gasteiger charge is 2.32. The van der Waals surface area contributed by atoms with E-state index in [2.05, 4.69) is 174 Å². The quantitative estimate of drug-likeness (QED) is 0.175. The van der Waals surface area contributed by atoms with Gasteiger partial charge in [-0.05, 0) is 64.0 Å². The molecule has 0 N–H and O–H groups in total. The highest BCUT2D eigenvalue weighted by Crippen LogP contribution is 2.41. The van der Waals surface area contributed by atoms with Gasteiger partial charge in [0.2, 0.25) is 0 Å². The molecular formula is C48H30BNO2. The predicted molar refractivity (Wildman–Crippen MR) is 217 cm³/mol. The third-order valence-corrected chi connectivity index (χ3v) is 10.7. The summed E-state index contributed by atoms with van der Waals surface area (Å²) in [5.41, 5.74) is 13.2. The maximum atomic E-state index is 7.09. The van der Waals surface area contributed by atoms with Gasteiger partial charge in [-0.1, -0.05) is 151 Å². The molecule has 11 rings (SSSR count). The maximum absolute atomic E-state index is 7.09. The van der Waals surface area contributed by atoms with Crippen molar-refractivity contribution in [2.24, 2.45) is 0 Å². The van der Waals surface area contributed by atoms with Gasteiger partial charge < -0.3 is 13.7 Å². The Bertz CT molecular complexity index is 2910. The van der Waals surface area contributed by atoms with Gasteiger partial charge in [-0.3, -0.25) is 0 Å². The monoisotopic (exact) mass is 663 g/mol. The van der Waals surface area contributed by atoms with Crippen molar-refractivity contribution in [1.29, 1.82) is 0 Å². The SMILES string of the molecule is c1ccc(-c2cc(B3c4ccccc4Oc4ccccc43)cc(-c3cccc4c3oc3c(-n5c6ccccc6c6ccccc65)cccc34)c2)cc1. The number of hydrogen-bond donors (Lipinski definition) is 0. The zero-order chi connectivity index (χ0) is 34.2. The molecule has 0 saturated carbocycles. The fourth-order valence-electron chi connectivity index (χ4n) is 8.43. The minimum Gasteiger partial charge on any atom is -0.458 e. The standard InChI is InChI=1S/C48H30BNO2/c1-2-14-31(15-3-1)32-28-33(30-34(29-32)49-40-21-6-10-26-45(40)51-46-27-11-7-22-41(46)49)35-18-12-19-38-39-20-13-25-44(48(39)52-47(35)38)50-42-23-8-4-16-36(42)37-17-5-9-24-43(37)50/h1-30H. The van der Waals surface area contributed by atoms with E-state index in [9.17, 15) is 0 Å². The second-order valence-corrected chi connectivity index (χ2v) is 13.6. The lowest BCUT2D eigenvalue weighted by Gasteiger charge is -2.27. The van der Waals surface area contributed by atoms with Crippen LogP contribution in [0.4, 0.5) is 0 Å². The van der Waals surface area contributed by atoms with E-state index in [1.807, 2.05) is 12.1 Å². The van der Waals surface area contributed by atoms with Crippen molar-refractivity contribution in [2.45, 2.75) is 0 Å². The molecule has 2 aromatic heterocycles. The van der Waals surface area contributed by atoms with E-state index in [4.69, 9.17) is 9.15 Å². The van der Waals surface area contributed by atoms with E-state index in [0.717, 1.165) is 77.8 Å². The van der Waals surface area contributed by atoms with Crippen LogP contribution in [0, 0.1) is 0 Å².